The van der Waals surface area contributed by atoms with E-state index < -0.39 is 10.8 Å². The number of carbonyl (C=O) groups excluding carboxylic acids is 1. The second-order valence-electron chi connectivity index (χ2n) is 4.42. The van der Waals surface area contributed by atoms with Crippen molar-refractivity contribution in [2.75, 3.05) is 13.2 Å². The number of nitrogens with one attached hydrogen (secondary N) is 1. The Kier molecular flexibility index (Phi) is 6.41. The van der Waals surface area contributed by atoms with Crippen LogP contribution in [0.5, 0.6) is 0 Å². The van der Waals surface area contributed by atoms with Crippen LogP contribution in [0.2, 0.25) is 5.02 Å². The van der Waals surface area contributed by atoms with Crippen LogP contribution in [0.4, 0.5) is 5.69 Å². The number of halogens is 1. The van der Waals surface area contributed by atoms with Crippen molar-refractivity contribution >= 4 is 23.2 Å². The third kappa shape index (κ3) is 4.47. The molecule has 6 nitrogen and oxygen atoms in total. The number of carbonyl (C=O) groups is 1. The minimum Gasteiger partial charge on any atom is -0.396 e. The lowest BCUT2D eigenvalue weighted by Gasteiger charge is -2.14. The van der Waals surface area contributed by atoms with Gasteiger partial charge >= 0.3 is 0 Å². The van der Waals surface area contributed by atoms with Crippen molar-refractivity contribution in [3.05, 3.63) is 38.9 Å². The highest BCUT2D eigenvalue weighted by molar-refractivity contribution is 6.33. The number of nitro benzene ring substituents is 1. The lowest BCUT2D eigenvalue weighted by Crippen LogP contribution is -2.29. The van der Waals surface area contributed by atoms with Gasteiger partial charge in [-0.3, -0.25) is 14.9 Å². The summed E-state index contributed by atoms with van der Waals surface area (Å²) in [5, 5.41) is 22.4. The van der Waals surface area contributed by atoms with Gasteiger partial charge in [-0.2, -0.15) is 0 Å². The van der Waals surface area contributed by atoms with E-state index in [2.05, 4.69) is 5.32 Å². The first-order valence-electron chi connectivity index (χ1n) is 6.32. The molecule has 0 aromatic heterocycles. The van der Waals surface area contributed by atoms with Crippen LogP contribution >= 0.6 is 11.6 Å². The van der Waals surface area contributed by atoms with Crippen molar-refractivity contribution in [3.8, 4) is 0 Å². The summed E-state index contributed by atoms with van der Waals surface area (Å²) >= 11 is 5.88. The molecule has 20 heavy (non-hydrogen) atoms. The zero-order chi connectivity index (χ0) is 15.1. The SMILES string of the molecule is CCC(CCO)CNC(=O)c1cc([N+](=O)[O-])ccc1Cl. The van der Waals surface area contributed by atoms with Gasteiger partial charge in [0.05, 0.1) is 15.5 Å². The van der Waals surface area contributed by atoms with Gasteiger partial charge < -0.3 is 10.4 Å². The number of nitro groups is 1. The van der Waals surface area contributed by atoms with Crippen LogP contribution in [0, 0.1) is 16.0 Å². The van der Waals surface area contributed by atoms with Crippen LogP contribution in [0.1, 0.15) is 30.1 Å². The minimum absolute atomic E-state index is 0.0615. The monoisotopic (exact) mass is 300 g/mol. The Morgan fingerprint density at radius 2 is 2.25 bits per heavy atom. The third-order valence-corrected chi connectivity index (χ3v) is 3.40. The van der Waals surface area contributed by atoms with Crippen LogP contribution in [-0.4, -0.2) is 29.1 Å². The van der Waals surface area contributed by atoms with Crippen LogP contribution in [0.15, 0.2) is 18.2 Å². The molecule has 1 aromatic carbocycles. The van der Waals surface area contributed by atoms with Crippen LogP contribution in [-0.2, 0) is 0 Å². The minimum atomic E-state index is -0.576. The number of hydrogen-bond acceptors (Lipinski definition) is 4. The summed E-state index contributed by atoms with van der Waals surface area (Å²) in [6, 6.07) is 3.74. The maximum atomic E-state index is 12.0. The maximum absolute atomic E-state index is 12.0. The zero-order valence-electron chi connectivity index (χ0n) is 11.1. The van der Waals surface area contributed by atoms with Crippen molar-refractivity contribution in [1.82, 2.24) is 5.32 Å². The summed E-state index contributed by atoms with van der Waals surface area (Å²) < 4.78 is 0. The molecule has 2 N–H and O–H groups in total. The topological polar surface area (TPSA) is 92.5 Å². The van der Waals surface area contributed by atoms with Gasteiger partial charge in [0, 0.05) is 25.3 Å². The molecule has 7 heteroatoms. The fraction of sp³-hybridized carbons (Fsp3) is 0.462. The Balaban J connectivity index is 2.76. The smallest absolute Gasteiger partial charge is 0.270 e. The molecule has 0 spiro atoms. The van der Waals surface area contributed by atoms with E-state index >= 15 is 0 Å². The molecule has 0 aliphatic heterocycles. The van der Waals surface area contributed by atoms with E-state index in [9.17, 15) is 14.9 Å². The average Bonchev–Trinajstić information content (AvgIpc) is 2.43. The second-order valence-corrected chi connectivity index (χ2v) is 4.83. The third-order valence-electron chi connectivity index (χ3n) is 3.07. The van der Waals surface area contributed by atoms with Crippen molar-refractivity contribution in [2.45, 2.75) is 19.8 Å². The van der Waals surface area contributed by atoms with Crippen molar-refractivity contribution in [1.29, 1.82) is 0 Å². The van der Waals surface area contributed by atoms with Crippen LogP contribution in [0.25, 0.3) is 0 Å². The lowest BCUT2D eigenvalue weighted by molar-refractivity contribution is -0.384. The van der Waals surface area contributed by atoms with Crippen LogP contribution in [0.3, 0.4) is 0 Å². The van der Waals surface area contributed by atoms with Gasteiger partial charge in [0.2, 0.25) is 0 Å². The van der Waals surface area contributed by atoms with Gasteiger partial charge in [0.1, 0.15) is 0 Å². The molecule has 0 bridgehead atoms. The van der Waals surface area contributed by atoms with E-state index in [1.165, 1.54) is 12.1 Å². The highest BCUT2D eigenvalue weighted by Gasteiger charge is 2.16. The van der Waals surface area contributed by atoms with Crippen molar-refractivity contribution in [3.63, 3.8) is 0 Å². The number of hydrogen-bond donors (Lipinski definition) is 2. The van der Waals surface area contributed by atoms with Crippen molar-refractivity contribution < 1.29 is 14.8 Å². The molecule has 1 atom stereocenters. The highest BCUT2D eigenvalue weighted by atomic mass is 35.5. The Morgan fingerprint density at radius 3 is 2.80 bits per heavy atom. The number of nitrogens with zero attached hydrogens (tertiary/aromatic N) is 1. The van der Waals surface area contributed by atoms with Gasteiger partial charge in [-0.1, -0.05) is 24.9 Å². The Morgan fingerprint density at radius 1 is 1.55 bits per heavy atom. The zero-order valence-corrected chi connectivity index (χ0v) is 11.9. The Hall–Kier alpha value is -1.66. The van der Waals surface area contributed by atoms with E-state index in [0.29, 0.717) is 13.0 Å². The number of amides is 1. The van der Waals surface area contributed by atoms with Gasteiger partial charge in [0.15, 0.2) is 0 Å². The number of benzene rings is 1. The predicted molar refractivity (Wildman–Crippen MR) is 75.9 cm³/mol. The van der Waals surface area contributed by atoms with Crippen molar-refractivity contribution in [2.24, 2.45) is 5.92 Å². The molecule has 1 amide bonds. The standard InChI is InChI=1S/C13H17ClN2O4/c1-2-9(5-6-17)8-15-13(18)11-7-10(16(19)20)3-4-12(11)14/h3-4,7,9,17H,2,5-6,8H2,1H3,(H,15,18). The fourth-order valence-electron chi connectivity index (χ4n) is 1.77. The number of aliphatic hydroxyl groups excluding tert-OH is 1. The summed E-state index contributed by atoms with van der Waals surface area (Å²) in [7, 11) is 0. The summed E-state index contributed by atoms with van der Waals surface area (Å²) in [5.41, 5.74) is -0.0957. The molecular weight excluding hydrogens is 284 g/mol. The van der Waals surface area contributed by atoms with Crippen LogP contribution < -0.4 is 5.32 Å². The normalized spacial score (nSPS) is 11.9. The first kappa shape index (κ1) is 16.4. The van der Waals surface area contributed by atoms with Gasteiger partial charge in [-0.15, -0.1) is 0 Å². The van der Waals surface area contributed by atoms with Gasteiger partial charge in [0.25, 0.3) is 11.6 Å². The Labute approximate surface area is 121 Å². The highest BCUT2D eigenvalue weighted by Crippen LogP contribution is 2.22. The average molecular weight is 301 g/mol. The predicted octanol–water partition coefficient (Wildman–Crippen LogP) is 2.39. The molecule has 0 aliphatic rings. The molecule has 0 saturated carbocycles. The summed E-state index contributed by atoms with van der Waals surface area (Å²) in [5.74, 6) is -0.281. The lowest BCUT2D eigenvalue weighted by atomic mass is 10.0. The first-order chi connectivity index (χ1) is 9.49. The summed E-state index contributed by atoms with van der Waals surface area (Å²) in [4.78, 5) is 22.1. The molecule has 1 unspecified atom stereocenters. The van der Waals surface area contributed by atoms with E-state index in [0.717, 1.165) is 12.5 Å². The van der Waals surface area contributed by atoms with Gasteiger partial charge in [-0.25, -0.2) is 0 Å². The molecular formula is C13H17ClN2O4. The first-order valence-corrected chi connectivity index (χ1v) is 6.70. The molecule has 1 aromatic rings. The molecule has 0 heterocycles. The van der Waals surface area contributed by atoms with E-state index in [1.54, 1.807) is 0 Å². The second kappa shape index (κ2) is 7.81. The number of rotatable bonds is 7. The summed E-state index contributed by atoms with van der Waals surface area (Å²) in [6.07, 6.45) is 1.42. The maximum Gasteiger partial charge on any atom is 0.270 e. The van der Waals surface area contributed by atoms with E-state index in [1.807, 2.05) is 6.92 Å². The molecule has 1 rings (SSSR count). The van der Waals surface area contributed by atoms with E-state index in [4.69, 9.17) is 16.7 Å². The molecule has 110 valence electrons. The summed E-state index contributed by atoms with van der Waals surface area (Å²) in [6.45, 7) is 2.42. The Bertz CT molecular complexity index is 493. The number of aliphatic hydroxyl groups is 1. The number of non-ortho nitro benzene ring substituents is 1. The molecule has 0 saturated heterocycles. The molecule has 0 radical (unpaired) electrons. The quantitative estimate of drug-likeness (QED) is 0.597. The van der Waals surface area contributed by atoms with Gasteiger partial charge in [-0.05, 0) is 18.4 Å². The molecule has 0 aliphatic carbocycles. The largest absolute Gasteiger partial charge is 0.396 e. The fourth-order valence-corrected chi connectivity index (χ4v) is 1.97. The molecule has 0 fully saturated rings. The van der Waals surface area contributed by atoms with E-state index in [-0.39, 0.29) is 28.8 Å².